The third-order valence-corrected chi connectivity index (χ3v) is 5.61. The van der Waals surface area contributed by atoms with Crippen LogP contribution in [0, 0.1) is 23.7 Å². The Hall–Kier alpha value is -0.340. The van der Waals surface area contributed by atoms with Gasteiger partial charge in [-0.05, 0) is 68.6 Å². The molecule has 1 heterocycles. The van der Waals surface area contributed by atoms with Gasteiger partial charge in [-0.1, -0.05) is 39.3 Å². The monoisotopic (exact) mass is 308 g/mol. The molecule has 1 saturated heterocycles. The van der Waals surface area contributed by atoms with Gasteiger partial charge in [0.1, 0.15) is 0 Å². The Labute approximate surface area is 137 Å². The Kier molecular flexibility index (Phi) is 7.43. The predicted molar refractivity (Wildman–Crippen MR) is 92.8 cm³/mol. The molecule has 0 amide bonds. The van der Waals surface area contributed by atoms with Crippen molar-refractivity contribution in [1.29, 1.82) is 0 Å². The van der Waals surface area contributed by atoms with Gasteiger partial charge in [0.15, 0.2) is 0 Å². The fraction of sp³-hybridized carbons (Fsp3) is 0.900. The Morgan fingerprint density at radius 3 is 2.23 bits per heavy atom. The standard InChI is InChI=1S/C20H36O2/c1-15(2)4-5-16(3)6-12-20-13-9-18(14-22-20)17-7-10-19(21)11-8-17/h6,12,15-21H,4-5,7-11,13-14H2,1-3H3/b12-6+. The van der Waals surface area contributed by atoms with Gasteiger partial charge in [0.25, 0.3) is 0 Å². The molecule has 1 aliphatic carbocycles. The van der Waals surface area contributed by atoms with Crippen LogP contribution in [0.3, 0.4) is 0 Å². The van der Waals surface area contributed by atoms with E-state index in [-0.39, 0.29) is 6.10 Å². The van der Waals surface area contributed by atoms with Crippen LogP contribution in [-0.4, -0.2) is 23.9 Å². The zero-order chi connectivity index (χ0) is 15.9. The van der Waals surface area contributed by atoms with Crippen LogP contribution < -0.4 is 0 Å². The van der Waals surface area contributed by atoms with Crippen molar-refractivity contribution in [3.63, 3.8) is 0 Å². The van der Waals surface area contributed by atoms with Crippen molar-refractivity contribution < 1.29 is 9.84 Å². The fourth-order valence-electron chi connectivity index (χ4n) is 3.89. The highest BCUT2D eigenvalue weighted by atomic mass is 16.5. The van der Waals surface area contributed by atoms with Crippen molar-refractivity contribution in [3.05, 3.63) is 12.2 Å². The number of allylic oxidation sites excluding steroid dienone is 1. The van der Waals surface area contributed by atoms with Crippen molar-refractivity contribution in [2.75, 3.05) is 6.61 Å². The molecule has 22 heavy (non-hydrogen) atoms. The molecular weight excluding hydrogens is 272 g/mol. The molecule has 2 heteroatoms. The summed E-state index contributed by atoms with van der Waals surface area (Å²) in [5, 5.41) is 9.63. The van der Waals surface area contributed by atoms with Crippen LogP contribution in [0.25, 0.3) is 0 Å². The molecule has 2 nitrogen and oxygen atoms in total. The minimum absolute atomic E-state index is 0.0382. The molecule has 0 bridgehead atoms. The summed E-state index contributed by atoms with van der Waals surface area (Å²) < 4.78 is 6.10. The van der Waals surface area contributed by atoms with Gasteiger partial charge in [0.2, 0.25) is 0 Å². The highest BCUT2D eigenvalue weighted by Gasteiger charge is 2.30. The molecule has 1 saturated carbocycles. The number of hydrogen-bond donors (Lipinski definition) is 1. The first-order chi connectivity index (χ1) is 10.5. The fourth-order valence-corrected chi connectivity index (χ4v) is 3.89. The lowest BCUT2D eigenvalue weighted by atomic mass is 9.76. The number of hydrogen-bond acceptors (Lipinski definition) is 2. The van der Waals surface area contributed by atoms with E-state index in [1.807, 2.05) is 0 Å². The van der Waals surface area contributed by atoms with Gasteiger partial charge in [-0.15, -0.1) is 0 Å². The molecule has 0 aromatic heterocycles. The predicted octanol–water partition coefficient (Wildman–Crippen LogP) is 4.96. The smallest absolute Gasteiger partial charge is 0.0756 e. The Morgan fingerprint density at radius 2 is 1.64 bits per heavy atom. The normalized spacial score (nSPS) is 35.1. The third-order valence-electron chi connectivity index (χ3n) is 5.61. The van der Waals surface area contributed by atoms with E-state index in [9.17, 15) is 5.11 Å². The summed E-state index contributed by atoms with van der Waals surface area (Å²) in [6.45, 7) is 7.84. The lowest BCUT2D eigenvalue weighted by Crippen LogP contribution is -2.32. The SMILES string of the molecule is CC(C)CCC(C)/C=C/C1CCC(C2CCC(O)CC2)CO1. The van der Waals surface area contributed by atoms with Gasteiger partial charge in [-0.3, -0.25) is 0 Å². The number of aliphatic hydroxyl groups excluding tert-OH is 1. The second-order valence-electron chi connectivity index (χ2n) is 8.11. The molecule has 3 atom stereocenters. The summed E-state index contributed by atoms with van der Waals surface area (Å²) in [6.07, 6.45) is 14.4. The molecule has 1 aliphatic heterocycles. The first kappa shape index (κ1) is 18.0. The van der Waals surface area contributed by atoms with Crippen LogP contribution in [0.15, 0.2) is 12.2 Å². The summed E-state index contributed by atoms with van der Waals surface area (Å²) >= 11 is 0. The molecule has 3 unspecified atom stereocenters. The van der Waals surface area contributed by atoms with Crippen molar-refractivity contribution in [2.45, 2.75) is 84.3 Å². The minimum Gasteiger partial charge on any atom is -0.393 e. The van der Waals surface area contributed by atoms with Gasteiger partial charge in [0.05, 0.1) is 18.8 Å². The van der Waals surface area contributed by atoms with Gasteiger partial charge >= 0.3 is 0 Å². The number of rotatable bonds is 6. The zero-order valence-electron chi connectivity index (χ0n) is 14.8. The molecule has 0 radical (unpaired) electrons. The van der Waals surface area contributed by atoms with Crippen molar-refractivity contribution >= 4 is 0 Å². The first-order valence-electron chi connectivity index (χ1n) is 9.52. The average molecular weight is 309 g/mol. The highest BCUT2D eigenvalue weighted by molar-refractivity contribution is 4.95. The molecule has 1 N–H and O–H groups in total. The summed E-state index contributed by atoms with van der Waals surface area (Å²) in [7, 11) is 0. The van der Waals surface area contributed by atoms with Crippen LogP contribution in [-0.2, 0) is 4.74 Å². The van der Waals surface area contributed by atoms with Crippen LogP contribution in [0.2, 0.25) is 0 Å². The maximum atomic E-state index is 9.63. The Bertz CT molecular complexity index is 321. The molecule has 2 rings (SSSR count). The molecule has 0 spiro atoms. The van der Waals surface area contributed by atoms with E-state index < -0.39 is 0 Å². The summed E-state index contributed by atoms with van der Waals surface area (Å²) in [5.74, 6) is 2.99. The molecule has 128 valence electrons. The quantitative estimate of drug-likeness (QED) is 0.703. The largest absolute Gasteiger partial charge is 0.393 e. The van der Waals surface area contributed by atoms with E-state index in [2.05, 4.69) is 32.9 Å². The van der Waals surface area contributed by atoms with E-state index in [1.165, 1.54) is 38.5 Å². The van der Waals surface area contributed by atoms with E-state index in [0.717, 1.165) is 37.2 Å². The third kappa shape index (κ3) is 6.04. The molecule has 2 aliphatic rings. The summed E-state index contributed by atoms with van der Waals surface area (Å²) in [4.78, 5) is 0. The molecule has 0 aromatic carbocycles. The zero-order valence-corrected chi connectivity index (χ0v) is 14.8. The first-order valence-corrected chi connectivity index (χ1v) is 9.52. The van der Waals surface area contributed by atoms with Crippen LogP contribution in [0.4, 0.5) is 0 Å². The van der Waals surface area contributed by atoms with E-state index in [0.29, 0.717) is 12.0 Å². The average Bonchev–Trinajstić information content (AvgIpc) is 2.52. The van der Waals surface area contributed by atoms with Gasteiger partial charge in [-0.25, -0.2) is 0 Å². The van der Waals surface area contributed by atoms with Crippen LogP contribution >= 0.6 is 0 Å². The van der Waals surface area contributed by atoms with E-state index in [1.54, 1.807) is 0 Å². The van der Waals surface area contributed by atoms with Crippen molar-refractivity contribution in [2.24, 2.45) is 23.7 Å². The lowest BCUT2D eigenvalue weighted by Gasteiger charge is -2.36. The van der Waals surface area contributed by atoms with Crippen molar-refractivity contribution in [1.82, 2.24) is 0 Å². The lowest BCUT2D eigenvalue weighted by molar-refractivity contribution is -0.0223. The van der Waals surface area contributed by atoms with Gasteiger partial charge in [0, 0.05) is 0 Å². The molecule has 0 aromatic rings. The van der Waals surface area contributed by atoms with Gasteiger partial charge < -0.3 is 9.84 Å². The van der Waals surface area contributed by atoms with Gasteiger partial charge in [-0.2, -0.15) is 0 Å². The van der Waals surface area contributed by atoms with Crippen LogP contribution in [0.5, 0.6) is 0 Å². The highest BCUT2D eigenvalue weighted by Crippen LogP contribution is 2.35. The summed E-state index contributed by atoms with van der Waals surface area (Å²) in [6, 6.07) is 0. The number of ether oxygens (including phenoxy) is 1. The maximum Gasteiger partial charge on any atom is 0.0756 e. The summed E-state index contributed by atoms with van der Waals surface area (Å²) in [5.41, 5.74) is 0. The second kappa shape index (κ2) is 9.08. The van der Waals surface area contributed by atoms with Crippen molar-refractivity contribution in [3.8, 4) is 0 Å². The molecule has 2 fully saturated rings. The van der Waals surface area contributed by atoms with E-state index >= 15 is 0 Å². The van der Waals surface area contributed by atoms with Crippen LogP contribution in [0.1, 0.15) is 72.1 Å². The Balaban J connectivity index is 1.66. The van der Waals surface area contributed by atoms with E-state index in [4.69, 9.17) is 4.74 Å². The molecular formula is C20H36O2. The minimum atomic E-state index is -0.0382. The topological polar surface area (TPSA) is 29.5 Å². The second-order valence-corrected chi connectivity index (χ2v) is 8.11. The maximum absolute atomic E-state index is 9.63. The Morgan fingerprint density at radius 1 is 0.955 bits per heavy atom. The number of aliphatic hydroxyl groups is 1.